The van der Waals surface area contributed by atoms with Gasteiger partial charge in [-0.1, -0.05) is 27.7 Å². The molecule has 0 bridgehead atoms. The lowest BCUT2D eigenvalue weighted by Crippen LogP contribution is -2.45. The van der Waals surface area contributed by atoms with Crippen molar-refractivity contribution in [1.29, 1.82) is 0 Å². The smallest absolute Gasteiger partial charge is 0.0714 e. The Kier molecular flexibility index (Phi) is 4.40. The van der Waals surface area contributed by atoms with Gasteiger partial charge in [0.15, 0.2) is 0 Å². The van der Waals surface area contributed by atoms with Crippen molar-refractivity contribution in [2.45, 2.75) is 65.3 Å². The van der Waals surface area contributed by atoms with Crippen molar-refractivity contribution in [2.24, 2.45) is 5.92 Å². The summed E-state index contributed by atoms with van der Waals surface area (Å²) in [5.41, 5.74) is -0.0959. The molecule has 0 aromatic rings. The van der Waals surface area contributed by atoms with Crippen LogP contribution in [-0.2, 0) is 4.74 Å². The Morgan fingerprint density at radius 2 is 1.38 bits per heavy atom. The van der Waals surface area contributed by atoms with Crippen LogP contribution in [0.1, 0.15) is 48.5 Å². The van der Waals surface area contributed by atoms with Crippen LogP contribution in [-0.4, -0.2) is 16.9 Å². The van der Waals surface area contributed by atoms with Crippen LogP contribution in [0.2, 0.25) is 0 Å². The maximum absolute atomic E-state index is 6.04. The van der Waals surface area contributed by atoms with Crippen LogP contribution in [0.15, 0.2) is 0 Å². The molecule has 0 saturated carbocycles. The molecule has 13 heavy (non-hydrogen) atoms. The summed E-state index contributed by atoms with van der Waals surface area (Å²) >= 11 is 0. The minimum Gasteiger partial charge on any atom is -0.371 e. The summed E-state index contributed by atoms with van der Waals surface area (Å²) in [7, 11) is 2.86. The fourth-order valence-corrected chi connectivity index (χ4v) is 0.821. The third kappa shape index (κ3) is 3.95. The first-order chi connectivity index (χ1) is 5.58. The summed E-state index contributed by atoms with van der Waals surface area (Å²) in [6, 6.07) is 0. The maximum Gasteiger partial charge on any atom is 0.0714 e. The minimum atomic E-state index is -0.0959. The van der Waals surface area contributed by atoms with Crippen molar-refractivity contribution in [3.63, 3.8) is 0 Å². The molecule has 0 radical (unpaired) electrons. The molecule has 0 fully saturated rings. The third-order valence-electron chi connectivity index (χ3n) is 2.97. The first-order valence-corrected chi connectivity index (χ1v) is 5.62. The molecule has 2 heteroatoms. The highest BCUT2D eigenvalue weighted by Crippen LogP contribution is 2.35. The molecule has 1 nitrogen and oxygen atoms in total. The van der Waals surface area contributed by atoms with Gasteiger partial charge in [-0.25, -0.2) is 0 Å². The van der Waals surface area contributed by atoms with Crippen LogP contribution in [0.3, 0.4) is 0 Å². The zero-order valence-electron chi connectivity index (χ0n) is 10.1. The van der Waals surface area contributed by atoms with E-state index in [4.69, 9.17) is 4.74 Å². The molecule has 0 N–H and O–H groups in total. The SMILES string of the molecule is CC(C)C(C)OC(C)(C)C(C)(C)P. The van der Waals surface area contributed by atoms with Gasteiger partial charge in [-0.15, -0.1) is 9.24 Å². The van der Waals surface area contributed by atoms with Crippen LogP contribution in [0, 0.1) is 5.92 Å². The molecule has 0 amide bonds. The third-order valence-corrected chi connectivity index (χ3v) is 3.67. The Hall–Kier alpha value is 0.390. The summed E-state index contributed by atoms with van der Waals surface area (Å²) < 4.78 is 6.04. The van der Waals surface area contributed by atoms with Crippen LogP contribution < -0.4 is 0 Å². The van der Waals surface area contributed by atoms with Gasteiger partial charge in [-0.05, 0) is 26.7 Å². The highest BCUT2D eigenvalue weighted by atomic mass is 31.0. The van der Waals surface area contributed by atoms with Gasteiger partial charge in [-0.3, -0.25) is 0 Å². The van der Waals surface area contributed by atoms with Crippen molar-refractivity contribution in [3.05, 3.63) is 0 Å². The van der Waals surface area contributed by atoms with Crippen LogP contribution in [0.25, 0.3) is 0 Å². The predicted molar refractivity (Wildman–Crippen MR) is 63.3 cm³/mol. The average Bonchev–Trinajstić information content (AvgIpc) is 1.83. The lowest BCUT2D eigenvalue weighted by molar-refractivity contribution is -0.0967. The molecule has 80 valence electrons. The lowest BCUT2D eigenvalue weighted by Gasteiger charge is -2.41. The summed E-state index contributed by atoms with van der Waals surface area (Å²) in [6.45, 7) is 15.2. The maximum atomic E-state index is 6.04. The fraction of sp³-hybridized carbons (Fsp3) is 1.00. The average molecular weight is 204 g/mol. The molecule has 0 aromatic carbocycles. The summed E-state index contributed by atoms with van der Waals surface area (Å²) in [4.78, 5) is 0. The fourth-order valence-electron chi connectivity index (χ4n) is 0.753. The second-order valence-electron chi connectivity index (χ2n) is 5.30. The lowest BCUT2D eigenvalue weighted by atomic mass is 9.92. The van der Waals surface area contributed by atoms with Crippen molar-refractivity contribution in [1.82, 2.24) is 0 Å². The van der Waals surface area contributed by atoms with Crippen molar-refractivity contribution >= 4 is 9.24 Å². The largest absolute Gasteiger partial charge is 0.371 e. The van der Waals surface area contributed by atoms with Crippen LogP contribution in [0.4, 0.5) is 0 Å². The second-order valence-corrected chi connectivity index (χ2v) is 6.74. The van der Waals surface area contributed by atoms with E-state index in [-0.39, 0.29) is 10.8 Å². The van der Waals surface area contributed by atoms with E-state index in [0.29, 0.717) is 12.0 Å². The molecule has 0 aliphatic carbocycles. The highest BCUT2D eigenvalue weighted by Gasteiger charge is 2.35. The zero-order valence-corrected chi connectivity index (χ0v) is 11.3. The van der Waals surface area contributed by atoms with Gasteiger partial charge < -0.3 is 4.74 Å². The number of hydrogen-bond donors (Lipinski definition) is 0. The highest BCUT2D eigenvalue weighted by molar-refractivity contribution is 7.19. The van der Waals surface area contributed by atoms with Crippen molar-refractivity contribution < 1.29 is 4.74 Å². The van der Waals surface area contributed by atoms with E-state index in [0.717, 1.165) is 0 Å². The minimum absolute atomic E-state index is 0.0959. The van der Waals surface area contributed by atoms with E-state index < -0.39 is 0 Å². The quantitative estimate of drug-likeness (QED) is 0.637. The molecule has 0 saturated heterocycles. The Bertz CT molecular complexity index is 156. The van der Waals surface area contributed by atoms with Crippen LogP contribution >= 0.6 is 9.24 Å². The van der Waals surface area contributed by atoms with E-state index >= 15 is 0 Å². The molecule has 2 unspecified atom stereocenters. The van der Waals surface area contributed by atoms with E-state index in [1.54, 1.807) is 0 Å². The molecule has 0 aromatic heterocycles. The summed E-state index contributed by atoms with van der Waals surface area (Å²) in [6.07, 6.45) is 0.315. The monoisotopic (exact) mass is 204 g/mol. The first kappa shape index (κ1) is 13.4. The van der Waals surface area contributed by atoms with Gasteiger partial charge >= 0.3 is 0 Å². The molecule has 0 aliphatic rings. The van der Waals surface area contributed by atoms with Crippen molar-refractivity contribution in [3.8, 4) is 0 Å². The molecule has 0 rings (SSSR count). The second kappa shape index (κ2) is 4.28. The standard InChI is InChI=1S/C11H25OP/c1-8(2)9(3)12-10(4,5)11(6,7)13/h8-9H,13H2,1-7H3. The normalized spacial score (nSPS) is 16.4. The number of ether oxygens (including phenoxy) is 1. The topological polar surface area (TPSA) is 9.23 Å². The molecular formula is C11H25OP. The van der Waals surface area contributed by atoms with E-state index in [9.17, 15) is 0 Å². The van der Waals surface area contributed by atoms with Crippen molar-refractivity contribution in [2.75, 3.05) is 0 Å². The Balaban J connectivity index is 4.34. The predicted octanol–water partition coefficient (Wildman–Crippen LogP) is 3.48. The van der Waals surface area contributed by atoms with Gasteiger partial charge in [0.1, 0.15) is 0 Å². The summed E-state index contributed by atoms with van der Waals surface area (Å²) in [5.74, 6) is 0.576. The van der Waals surface area contributed by atoms with Gasteiger partial charge in [0.2, 0.25) is 0 Å². The van der Waals surface area contributed by atoms with Gasteiger partial charge in [0.25, 0.3) is 0 Å². The molecular weight excluding hydrogens is 179 g/mol. The van der Waals surface area contributed by atoms with Gasteiger partial charge in [-0.2, -0.15) is 0 Å². The van der Waals surface area contributed by atoms with E-state index in [2.05, 4.69) is 57.7 Å². The number of rotatable bonds is 4. The van der Waals surface area contributed by atoms with E-state index in [1.165, 1.54) is 0 Å². The Morgan fingerprint density at radius 3 is 1.62 bits per heavy atom. The zero-order chi connectivity index (χ0) is 10.9. The number of hydrogen-bond acceptors (Lipinski definition) is 1. The first-order valence-electron chi connectivity index (χ1n) is 5.04. The Morgan fingerprint density at radius 1 is 1.00 bits per heavy atom. The molecule has 0 spiro atoms. The molecule has 2 atom stereocenters. The Labute approximate surface area is 85.8 Å². The molecule has 0 aliphatic heterocycles. The van der Waals surface area contributed by atoms with Crippen LogP contribution in [0.5, 0.6) is 0 Å². The molecule has 0 heterocycles. The van der Waals surface area contributed by atoms with Gasteiger partial charge in [0.05, 0.1) is 11.7 Å². The van der Waals surface area contributed by atoms with E-state index in [1.807, 2.05) is 0 Å². The summed E-state index contributed by atoms with van der Waals surface area (Å²) in [5, 5.41) is 0.107. The van der Waals surface area contributed by atoms with Gasteiger partial charge in [0, 0.05) is 5.16 Å².